The summed E-state index contributed by atoms with van der Waals surface area (Å²) in [6.07, 6.45) is 1.89. The summed E-state index contributed by atoms with van der Waals surface area (Å²) in [4.78, 5) is 10.9. The van der Waals surface area contributed by atoms with Crippen LogP contribution in [0.3, 0.4) is 0 Å². The van der Waals surface area contributed by atoms with E-state index < -0.39 is 21.2 Å². The van der Waals surface area contributed by atoms with Crippen LogP contribution >= 0.6 is 0 Å². The number of carbonyl (C=O) groups is 1. The normalized spacial score (nSPS) is 14.8. The number of rotatable bonds is 4. The second-order valence-electron chi connectivity index (χ2n) is 2.17. The van der Waals surface area contributed by atoms with Crippen LogP contribution in [0, 0.1) is 0 Å². The van der Waals surface area contributed by atoms with Crippen molar-refractivity contribution in [1.29, 1.82) is 0 Å². The van der Waals surface area contributed by atoms with Crippen LogP contribution in [0.15, 0.2) is 12.3 Å². The van der Waals surface area contributed by atoms with Crippen molar-refractivity contribution in [2.24, 2.45) is 5.73 Å². The quantitative estimate of drug-likeness (QED) is 0.471. The van der Waals surface area contributed by atoms with E-state index in [4.69, 9.17) is 10.3 Å². The average molecular weight is 193 g/mol. The molecule has 0 spiro atoms. The van der Waals surface area contributed by atoms with Crippen LogP contribution in [0.1, 0.15) is 13.3 Å². The summed E-state index contributed by atoms with van der Waals surface area (Å²) < 4.78 is 29.6. The zero-order valence-electron chi connectivity index (χ0n) is 6.60. The molecule has 0 bridgehead atoms. The molecular formula is C6H11NO4S. The van der Waals surface area contributed by atoms with Crippen molar-refractivity contribution < 1.29 is 17.8 Å². The number of nitrogens with two attached hydrogens (primary N) is 1. The van der Waals surface area contributed by atoms with Crippen molar-refractivity contribution in [3.63, 3.8) is 0 Å². The maximum absolute atomic E-state index is 10.9. The van der Waals surface area contributed by atoms with Gasteiger partial charge < -0.3 is 5.73 Å². The number of hydrogen-bond donors (Lipinski definition) is 2. The third-order valence-electron chi connectivity index (χ3n) is 1.31. The minimum atomic E-state index is -4.29. The minimum Gasteiger partial charge on any atom is -0.404 e. The Bertz CT molecular complexity index is 280. The van der Waals surface area contributed by atoms with Crippen LogP contribution in [0.5, 0.6) is 0 Å². The molecule has 0 aromatic heterocycles. The smallest absolute Gasteiger partial charge is 0.275 e. The van der Waals surface area contributed by atoms with E-state index in [0.717, 1.165) is 12.3 Å². The molecule has 0 aliphatic rings. The summed E-state index contributed by atoms with van der Waals surface area (Å²) in [6, 6.07) is 0. The summed E-state index contributed by atoms with van der Waals surface area (Å²) in [7, 11) is -4.29. The van der Waals surface area contributed by atoms with E-state index in [1.807, 2.05) is 0 Å². The summed E-state index contributed by atoms with van der Waals surface area (Å²) >= 11 is 0. The summed E-state index contributed by atoms with van der Waals surface area (Å²) in [5, 5.41) is -1.39. The van der Waals surface area contributed by atoms with Crippen LogP contribution in [0.25, 0.3) is 0 Å². The van der Waals surface area contributed by atoms with Gasteiger partial charge in [0.1, 0.15) is 5.25 Å². The van der Waals surface area contributed by atoms with Gasteiger partial charge in [-0.05, 0) is 18.7 Å². The van der Waals surface area contributed by atoms with Gasteiger partial charge in [-0.2, -0.15) is 8.42 Å². The van der Waals surface area contributed by atoms with E-state index in [1.165, 1.54) is 6.92 Å². The van der Waals surface area contributed by atoms with E-state index in [0.29, 0.717) is 0 Å². The molecule has 5 nitrogen and oxygen atoms in total. The van der Waals surface area contributed by atoms with Crippen molar-refractivity contribution in [1.82, 2.24) is 0 Å². The van der Waals surface area contributed by atoms with Gasteiger partial charge in [-0.3, -0.25) is 9.35 Å². The molecule has 0 aromatic carbocycles. The lowest BCUT2D eigenvalue weighted by atomic mass is 10.2. The first kappa shape index (κ1) is 11.1. The average Bonchev–Trinajstić information content (AvgIpc) is 1.85. The van der Waals surface area contributed by atoms with Crippen molar-refractivity contribution in [3.8, 4) is 0 Å². The van der Waals surface area contributed by atoms with Crippen LogP contribution < -0.4 is 5.73 Å². The molecule has 0 heterocycles. The lowest BCUT2D eigenvalue weighted by Crippen LogP contribution is -2.27. The Kier molecular flexibility index (Phi) is 3.91. The molecule has 0 radical (unpaired) electrons. The van der Waals surface area contributed by atoms with E-state index in [9.17, 15) is 13.2 Å². The standard InChI is InChI=1S/C6H11NO4S/c1-2-6(12(9,10)11)5(8)3-4-7/h3-4,6H,2,7H2,1H3,(H,9,10,11). The first-order valence-electron chi connectivity index (χ1n) is 3.32. The molecule has 0 rings (SSSR count). The topological polar surface area (TPSA) is 97.5 Å². The van der Waals surface area contributed by atoms with Gasteiger partial charge in [0.05, 0.1) is 0 Å². The molecule has 3 N–H and O–H groups in total. The van der Waals surface area contributed by atoms with Gasteiger partial charge in [0.2, 0.25) is 0 Å². The fourth-order valence-corrected chi connectivity index (χ4v) is 1.55. The third-order valence-corrected chi connectivity index (χ3v) is 2.59. The fraction of sp³-hybridized carbons (Fsp3) is 0.500. The molecule has 1 atom stereocenters. The van der Waals surface area contributed by atoms with Crippen LogP contribution in [-0.2, 0) is 14.9 Å². The lowest BCUT2D eigenvalue weighted by Gasteiger charge is -2.05. The Morgan fingerprint density at radius 1 is 1.67 bits per heavy atom. The molecule has 0 fully saturated rings. The van der Waals surface area contributed by atoms with Gasteiger partial charge in [0, 0.05) is 0 Å². The summed E-state index contributed by atoms with van der Waals surface area (Å²) in [5.41, 5.74) is 4.89. The Hall–Kier alpha value is -0.880. The van der Waals surface area contributed by atoms with Crippen LogP contribution in [-0.4, -0.2) is 24.0 Å². The molecule has 12 heavy (non-hydrogen) atoms. The Labute approximate surface area is 71.0 Å². The SMILES string of the molecule is CCC(C(=O)C=CN)S(=O)(=O)O. The molecule has 70 valence electrons. The highest BCUT2D eigenvalue weighted by molar-refractivity contribution is 7.87. The van der Waals surface area contributed by atoms with Gasteiger partial charge in [-0.1, -0.05) is 6.92 Å². The second-order valence-corrected chi connectivity index (χ2v) is 3.77. The highest BCUT2D eigenvalue weighted by Crippen LogP contribution is 2.05. The molecule has 0 saturated carbocycles. The molecule has 6 heteroatoms. The van der Waals surface area contributed by atoms with Gasteiger partial charge in [-0.25, -0.2) is 0 Å². The predicted octanol–water partition coefficient (Wildman–Crippen LogP) is -0.306. The fourth-order valence-electron chi connectivity index (χ4n) is 0.761. The molecular weight excluding hydrogens is 182 g/mol. The van der Waals surface area contributed by atoms with Gasteiger partial charge >= 0.3 is 0 Å². The maximum Gasteiger partial charge on any atom is 0.275 e. The first-order chi connectivity index (χ1) is 5.43. The summed E-state index contributed by atoms with van der Waals surface area (Å²) in [5.74, 6) is -0.706. The first-order valence-corrected chi connectivity index (χ1v) is 4.82. The number of ketones is 1. The summed E-state index contributed by atoms with van der Waals surface area (Å²) in [6.45, 7) is 1.49. The van der Waals surface area contributed by atoms with Gasteiger partial charge in [0.15, 0.2) is 5.78 Å². The largest absolute Gasteiger partial charge is 0.404 e. The molecule has 0 aromatic rings. The number of allylic oxidation sites excluding steroid dienone is 1. The van der Waals surface area contributed by atoms with Crippen molar-refractivity contribution in [3.05, 3.63) is 12.3 Å². The van der Waals surface area contributed by atoms with Gasteiger partial charge in [0.25, 0.3) is 10.1 Å². The van der Waals surface area contributed by atoms with E-state index in [2.05, 4.69) is 0 Å². The van der Waals surface area contributed by atoms with E-state index in [1.54, 1.807) is 0 Å². The maximum atomic E-state index is 10.9. The zero-order chi connectivity index (χ0) is 9.78. The number of hydrogen-bond acceptors (Lipinski definition) is 4. The monoisotopic (exact) mass is 193 g/mol. The van der Waals surface area contributed by atoms with E-state index in [-0.39, 0.29) is 6.42 Å². The van der Waals surface area contributed by atoms with Crippen molar-refractivity contribution in [2.45, 2.75) is 18.6 Å². The van der Waals surface area contributed by atoms with Crippen molar-refractivity contribution in [2.75, 3.05) is 0 Å². The molecule has 0 aliphatic heterocycles. The molecule has 0 amide bonds. The van der Waals surface area contributed by atoms with Crippen molar-refractivity contribution >= 4 is 15.9 Å². The Morgan fingerprint density at radius 2 is 2.17 bits per heavy atom. The Balaban J connectivity index is 4.70. The predicted molar refractivity (Wildman–Crippen MR) is 44.0 cm³/mol. The second kappa shape index (κ2) is 4.22. The third kappa shape index (κ3) is 3.02. The van der Waals surface area contributed by atoms with E-state index >= 15 is 0 Å². The van der Waals surface area contributed by atoms with Crippen LogP contribution in [0.4, 0.5) is 0 Å². The minimum absolute atomic E-state index is 0.0298. The molecule has 0 saturated heterocycles. The van der Waals surface area contributed by atoms with Gasteiger partial charge in [-0.15, -0.1) is 0 Å². The van der Waals surface area contributed by atoms with Crippen LogP contribution in [0.2, 0.25) is 0 Å². The lowest BCUT2D eigenvalue weighted by molar-refractivity contribution is -0.114. The number of carbonyl (C=O) groups excluding carboxylic acids is 1. The highest BCUT2D eigenvalue weighted by Gasteiger charge is 2.26. The molecule has 1 unspecified atom stereocenters. The highest BCUT2D eigenvalue weighted by atomic mass is 32.2. The molecule has 0 aliphatic carbocycles. The Morgan fingerprint density at radius 3 is 2.42 bits per heavy atom. The zero-order valence-corrected chi connectivity index (χ0v) is 7.41.